The van der Waals surface area contributed by atoms with E-state index in [1.54, 1.807) is 6.20 Å². The summed E-state index contributed by atoms with van der Waals surface area (Å²) in [6, 6.07) is 2.56. The molecule has 10 heavy (non-hydrogen) atoms. The SMILES string of the molecule is c1cc([C@H]2CCCN2)[nH]n1. The van der Waals surface area contributed by atoms with E-state index in [2.05, 4.69) is 15.5 Å². The number of hydrogen-bond acceptors (Lipinski definition) is 2. The Kier molecular flexibility index (Phi) is 1.43. The van der Waals surface area contributed by atoms with Gasteiger partial charge < -0.3 is 5.32 Å². The average molecular weight is 137 g/mol. The maximum atomic E-state index is 3.90. The van der Waals surface area contributed by atoms with Crippen molar-refractivity contribution < 1.29 is 0 Å². The number of aromatic amines is 1. The van der Waals surface area contributed by atoms with E-state index in [0.717, 1.165) is 6.54 Å². The summed E-state index contributed by atoms with van der Waals surface area (Å²) in [5, 5.41) is 10.3. The number of H-pyrrole nitrogens is 1. The predicted octanol–water partition coefficient (Wildman–Crippen LogP) is 0.834. The largest absolute Gasteiger partial charge is 0.309 e. The van der Waals surface area contributed by atoms with Gasteiger partial charge in [0.05, 0.1) is 5.69 Å². The Morgan fingerprint density at radius 2 is 2.60 bits per heavy atom. The van der Waals surface area contributed by atoms with Crippen LogP contribution in [0.3, 0.4) is 0 Å². The molecule has 1 aliphatic rings. The summed E-state index contributed by atoms with van der Waals surface area (Å²) in [4.78, 5) is 0. The summed E-state index contributed by atoms with van der Waals surface area (Å²) in [6.45, 7) is 1.14. The van der Waals surface area contributed by atoms with Crippen LogP contribution in [0.25, 0.3) is 0 Å². The number of aromatic nitrogens is 2. The standard InChI is InChI=1S/C7H11N3/c1-2-6(8-4-1)7-3-5-9-10-7/h3,5-6,8H,1-2,4H2,(H,9,10)/t6-/m1/s1. The van der Waals surface area contributed by atoms with Crippen molar-refractivity contribution in [1.82, 2.24) is 15.5 Å². The van der Waals surface area contributed by atoms with Gasteiger partial charge in [-0.05, 0) is 25.5 Å². The summed E-state index contributed by atoms with van der Waals surface area (Å²) < 4.78 is 0. The van der Waals surface area contributed by atoms with Gasteiger partial charge in [0.2, 0.25) is 0 Å². The monoisotopic (exact) mass is 137 g/mol. The van der Waals surface area contributed by atoms with Gasteiger partial charge >= 0.3 is 0 Å². The van der Waals surface area contributed by atoms with Gasteiger partial charge in [-0.2, -0.15) is 5.10 Å². The van der Waals surface area contributed by atoms with E-state index in [0.29, 0.717) is 6.04 Å². The average Bonchev–Trinajstić information content (AvgIpc) is 2.59. The van der Waals surface area contributed by atoms with E-state index < -0.39 is 0 Å². The topological polar surface area (TPSA) is 40.7 Å². The summed E-state index contributed by atoms with van der Waals surface area (Å²) in [5.41, 5.74) is 1.22. The fourth-order valence-electron chi connectivity index (χ4n) is 1.41. The fourth-order valence-corrected chi connectivity index (χ4v) is 1.41. The Morgan fingerprint density at radius 1 is 1.60 bits per heavy atom. The molecule has 3 nitrogen and oxygen atoms in total. The van der Waals surface area contributed by atoms with Crippen LogP contribution in [0.2, 0.25) is 0 Å². The molecule has 2 heterocycles. The van der Waals surface area contributed by atoms with Crippen molar-refractivity contribution in [2.24, 2.45) is 0 Å². The molecule has 0 amide bonds. The zero-order valence-electron chi connectivity index (χ0n) is 5.80. The lowest BCUT2D eigenvalue weighted by Gasteiger charge is -2.04. The lowest BCUT2D eigenvalue weighted by Crippen LogP contribution is -2.12. The van der Waals surface area contributed by atoms with Crippen molar-refractivity contribution in [3.63, 3.8) is 0 Å². The Bertz CT molecular complexity index is 187. The number of nitrogens with one attached hydrogen (secondary N) is 2. The second-order valence-electron chi connectivity index (χ2n) is 2.66. The van der Waals surface area contributed by atoms with Crippen LogP contribution in [0, 0.1) is 0 Å². The van der Waals surface area contributed by atoms with E-state index in [-0.39, 0.29) is 0 Å². The van der Waals surface area contributed by atoms with Crippen LogP contribution in [0.4, 0.5) is 0 Å². The molecule has 1 aromatic rings. The minimum atomic E-state index is 0.530. The third kappa shape index (κ3) is 0.926. The first-order chi connectivity index (χ1) is 4.97. The van der Waals surface area contributed by atoms with Crippen LogP contribution in [-0.4, -0.2) is 16.7 Å². The Hall–Kier alpha value is -0.830. The van der Waals surface area contributed by atoms with E-state index in [4.69, 9.17) is 0 Å². The highest BCUT2D eigenvalue weighted by Gasteiger charge is 2.16. The summed E-state index contributed by atoms with van der Waals surface area (Å²) in [6.07, 6.45) is 4.32. The van der Waals surface area contributed by atoms with Gasteiger partial charge in [-0.25, -0.2) is 0 Å². The maximum absolute atomic E-state index is 3.90. The van der Waals surface area contributed by atoms with Crippen LogP contribution in [0.1, 0.15) is 24.6 Å². The minimum Gasteiger partial charge on any atom is -0.309 e. The van der Waals surface area contributed by atoms with Crippen molar-refractivity contribution in [2.45, 2.75) is 18.9 Å². The van der Waals surface area contributed by atoms with Crippen LogP contribution >= 0.6 is 0 Å². The third-order valence-corrected chi connectivity index (χ3v) is 1.96. The van der Waals surface area contributed by atoms with Crippen molar-refractivity contribution in [3.05, 3.63) is 18.0 Å². The quantitative estimate of drug-likeness (QED) is 0.602. The molecule has 0 aliphatic carbocycles. The molecule has 0 unspecified atom stereocenters. The van der Waals surface area contributed by atoms with Gasteiger partial charge in [-0.15, -0.1) is 0 Å². The van der Waals surface area contributed by atoms with E-state index >= 15 is 0 Å². The second kappa shape index (κ2) is 2.42. The van der Waals surface area contributed by atoms with Crippen molar-refractivity contribution in [2.75, 3.05) is 6.54 Å². The normalized spacial score (nSPS) is 25.4. The van der Waals surface area contributed by atoms with Gasteiger partial charge in [0.25, 0.3) is 0 Å². The molecular weight excluding hydrogens is 126 g/mol. The third-order valence-electron chi connectivity index (χ3n) is 1.96. The smallest absolute Gasteiger partial charge is 0.0521 e. The minimum absolute atomic E-state index is 0.530. The van der Waals surface area contributed by atoms with Crippen LogP contribution in [-0.2, 0) is 0 Å². The molecular formula is C7H11N3. The van der Waals surface area contributed by atoms with Gasteiger partial charge in [0, 0.05) is 12.2 Å². The van der Waals surface area contributed by atoms with Crippen LogP contribution in [0.15, 0.2) is 12.3 Å². The van der Waals surface area contributed by atoms with Crippen molar-refractivity contribution >= 4 is 0 Å². The highest BCUT2D eigenvalue weighted by Crippen LogP contribution is 2.19. The molecule has 0 saturated carbocycles. The Morgan fingerprint density at radius 3 is 3.20 bits per heavy atom. The predicted molar refractivity (Wildman–Crippen MR) is 38.6 cm³/mol. The molecule has 0 spiro atoms. The molecule has 54 valence electrons. The lowest BCUT2D eigenvalue weighted by atomic mass is 10.2. The Balaban J connectivity index is 2.12. The van der Waals surface area contributed by atoms with Gasteiger partial charge in [0.1, 0.15) is 0 Å². The first-order valence-electron chi connectivity index (χ1n) is 3.69. The zero-order valence-corrected chi connectivity index (χ0v) is 5.80. The van der Waals surface area contributed by atoms with Crippen molar-refractivity contribution in [1.29, 1.82) is 0 Å². The molecule has 1 aromatic heterocycles. The molecule has 2 rings (SSSR count). The van der Waals surface area contributed by atoms with E-state index in [9.17, 15) is 0 Å². The Labute approximate surface area is 59.8 Å². The first-order valence-corrected chi connectivity index (χ1v) is 3.69. The molecule has 3 heteroatoms. The molecule has 1 saturated heterocycles. The molecule has 0 bridgehead atoms. The van der Waals surface area contributed by atoms with Crippen LogP contribution in [0.5, 0.6) is 0 Å². The van der Waals surface area contributed by atoms with Gasteiger partial charge in [-0.3, -0.25) is 5.10 Å². The second-order valence-corrected chi connectivity index (χ2v) is 2.66. The fraction of sp³-hybridized carbons (Fsp3) is 0.571. The molecule has 0 radical (unpaired) electrons. The number of hydrogen-bond donors (Lipinski definition) is 2. The molecule has 1 atom stereocenters. The van der Waals surface area contributed by atoms with Gasteiger partial charge in [-0.1, -0.05) is 0 Å². The lowest BCUT2D eigenvalue weighted by molar-refractivity contribution is 0.625. The molecule has 1 fully saturated rings. The van der Waals surface area contributed by atoms with Crippen molar-refractivity contribution in [3.8, 4) is 0 Å². The highest BCUT2D eigenvalue weighted by atomic mass is 15.1. The van der Waals surface area contributed by atoms with E-state index in [1.165, 1.54) is 18.5 Å². The van der Waals surface area contributed by atoms with E-state index in [1.807, 2.05) is 6.07 Å². The van der Waals surface area contributed by atoms with Crippen LogP contribution < -0.4 is 5.32 Å². The number of rotatable bonds is 1. The summed E-state index contributed by atoms with van der Waals surface area (Å²) >= 11 is 0. The summed E-state index contributed by atoms with van der Waals surface area (Å²) in [5.74, 6) is 0. The molecule has 0 aromatic carbocycles. The summed E-state index contributed by atoms with van der Waals surface area (Å²) in [7, 11) is 0. The highest BCUT2D eigenvalue weighted by molar-refractivity contribution is 5.05. The zero-order chi connectivity index (χ0) is 6.81. The molecule has 2 N–H and O–H groups in total. The first kappa shape index (κ1) is 5.92. The maximum Gasteiger partial charge on any atom is 0.0521 e. The number of nitrogens with zero attached hydrogens (tertiary/aromatic N) is 1. The van der Waals surface area contributed by atoms with Gasteiger partial charge in [0.15, 0.2) is 0 Å². The molecule has 1 aliphatic heterocycles.